The summed E-state index contributed by atoms with van der Waals surface area (Å²) < 4.78 is 27.7. The van der Waals surface area contributed by atoms with Crippen LogP contribution in [-0.4, -0.2) is 30.9 Å². The SMILES string of the molecule is CNC(=O)C(c1cc(F)cc(F)c1)C1CN(C(c2ccc(Cl)cc2)c2ccc(Cl)cc2)C1. The number of carbonyl (C=O) groups is 1. The standard InChI is InChI=1S/C25H22Cl2F2N2O/c1-30-25(32)23(17-10-21(28)12-22(29)11-17)18-13-31(14-18)24(15-2-6-19(26)7-3-15)16-4-8-20(27)9-5-16/h2-12,18,23-24H,13-14H2,1H3,(H,30,32). The summed E-state index contributed by atoms with van der Waals surface area (Å²) in [6.45, 7) is 1.18. The van der Waals surface area contributed by atoms with Crippen molar-refractivity contribution < 1.29 is 13.6 Å². The third-order valence-corrected chi connectivity index (χ3v) is 6.42. The number of hydrogen-bond donors (Lipinski definition) is 1. The molecule has 1 unspecified atom stereocenters. The van der Waals surface area contributed by atoms with Crippen molar-refractivity contribution in [2.45, 2.75) is 12.0 Å². The molecule has 4 rings (SSSR count). The molecule has 1 aliphatic heterocycles. The molecule has 166 valence electrons. The normalized spacial score (nSPS) is 15.4. The topological polar surface area (TPSA) is 32.3 Å². The van der Waals surface area contributed by atoms with Crippen molar-refractivity contribution in [1.82, 2.24) is 10.2 Å². The lowest BCUT2D eigenvalue weighted by Crippen LogP contribution is -2.53. The van der Waals surface area contributed by atoms with Gasteiger partial charge in [-0.3, -0.25) is 9.69 Å². The fraction of sp³-hybridized carbons (Fsp3) is 0.240. The average Bonchev–Trinajstić information content (AvgIpc) is 2.73. The Morgan fingerprint density at radius 3 is 1.78 bits per heavy atom. The van der Waals surface area contributed by atoms with Gasteiger partial charge in [0.05, 0.1) is 12.0 Å². The molecule has 0 aromatic heterocycles. The molecule has 1 saturated heterocycles. The molecule has 7 heteroatoms. The Labute approximate surface area is 196 Å². The average molecular weight is 475 g/mol. The summed E-state index contributed by atoms with van der Waals surface area (Å²) in [4.78, 5) is 14.9. The minimum absolute atomic E-state index is 0.0598. The molecule has 1 N–H and O–H groups in total. The fourth-order valence-electron chi connectivity index (χ4n) is 4.42. The fourth-order valence-corrected chi connectivity index (χ4v) is 4.67. The van der Waals surface area contributed by atoms with E-state index in [2.05, 4.69) is 10.2 Å². The highest BCUT2D eigenvalue weighted by Crippen LogP contribution is 2.40. The van der Waals surface area contributed by atoms with Crippen LogP contribution in [0.5, 0.6) is 0 Å². The maximum Gasteiger partial charge on any atom is 0.227 e. The molecule has 3 nitrogen and oxygen atoms in total. The van der Waals surface area contributed by atoms with Gasteiger partial charge >= 0.3 is 0 Å². The Bertz CT molecular complexity index is 1030. The summed E-state index contributed by atoms with van der Waals surface area (Å²) in [5.74, 6) is -2.36. The number of halogens is 4. The highest BCUT2D eigenvalue weighted by atomic mass is 35.5. The van der Waals surface area contributed by atoms with Crippen LogP contribution in [0.2, 0.25) is 10.0 Å². The minimum Gasteiger partial charge on any atom is -0.359 e. The van der Waals surface area contributed by atoms with Crippen molar-refractivity contribution in [2.24, 2.45) is 5.92 Å². The highest BCUT2D eigenvalue weighted by Gasteiger charge is 2.41. The predicted octanol–water partition coefficient (Wildman–Crippen LogP) is 5.82. The second-order valence-corrected chi connectivity index (χ2v) is 8.89. The van der Waals surface area contributed by atoms with Crippen molar-refractivity contribution in [3.8, 4) is 0 Å². The molecule has 0 spiro atoms. The first-order valence-corrected chi connectivity index (χ1v) is 11.0. The third kappa shape index (κ3) is 4.80. The van der Waals surface area contributed by atoms with Crippen LogP contribution in [0.15, 0.2) is 66.7 Å². The van der Waals surface area contributed by atoms with E-state index in [0.29, 0.717) is 28.7 Å². The van der Waals surface area contributed by atoms with Crippen LogP contribution in [0.25, 0.3) is 0 Å². The lowest BCUT2D eigenvalue weighted by molar-refractivity contribution is -0.125. The quantitative estimate of drug-likeness (QED) is 0.487. The first-order chi connectivity index (χ1) is 15.4. The van der Waals surface area contributed by atoms with E-state index in [0.717, 1.165) is 17.2 Å². The van der Waals surface area contributed by atoms with E-state index in [1.807, 2.05) is 48.5 Å². The third-order valence-electron chi connectivity index (χ3n) is 5.92. The van der Waals surface area contributed by atoms with Gasteiger partial charge in [-0.15, -0.1) is 0 Å². The number of rotatable bonds is 6. The van der Waals surface area contributed by atoms with Gasteiger partial charge in [0.1, 0.15) is 11.6 Å². The van der Waals surface area contributed by atoms with Gasteiger partial charge in [0.15, 0.2) is 0 Å². The number of likely N-dealkylation sites (tertiary alicyclic amines) is 1. The molecular formula is C25H22Cl2F2N2O. The Balaban J connectivity index is 1.62. The van der Waals surface area contributed by atoms with Crippen LogP contribution in [0.3, 0.4) is 0 Å². The number of hydrogen-bond acceptors (Lipinski definition) is 2. The number of carbonyl (C=O) groups excluding carboxylic acids is 1. The summed E-state index contributed by atoms with van der Waals surface area (Å²) in [6.07, 6.45) is 0. The van der Waals surface area contributed by atoms with E-state index in [-0.39, 0.29) is 17.9 Å². The number of benzene rings is 3. The molecule has 1 heterocycles. The monoisotopic (exact) mass is 474 g/mol. The minimum atomic E-state index is -0.690. The Morgan fingerprint density at radius 1 is 0.875 bits per heavy atom. The molecule has 0 bridgehead atoms. The van der Waals surface area contributed by atoms with E-state index in [1.165, 1.54) is 19.2 Å². The molecule has 32 heavy (non-hydrogen) atoms. The number of amides is 1. The van der Waals surface area contributed by atoms with Gasteiger partial charge in [0.25, 0.3) is 0 Å². The van der Waals surface area contributed by atoms with Crippen molar-refractivity contribution in [3.63, 3.8) is 0 Å². The van der Waals surface area contributed by atoms with Crippen LogP contribution in [0.1, 0.15) is 28.7 Å². The summed E-state index contributed by atoms with van der Waals surface area (Å²) >= 11 is 12.2. The van der Waals surface area contributed by atoms with E-state index < -0.39 is 17.6 Å². The van der Waals surface area contributed by atoms with E-state index >= 15 is 0 Å². The van der Waals surface area contributed by atoms with Crippen molar-refractivity contribution in [3.05, 3.63) is 105 Å². The molecule has 1 fully saturated rings. The van der Waals surface area contributed by atoms with E-state index in [1.54, 1.807) is 0 Å². The molecule has 0 saturated carbocycles. The van der Waals surface area contributed by atoms with Gasteiger partial charge in [-0.2, -0.15) is 0 Å². The van der Waals surface area contributed by atoms with Gasteiger partial charge in [0, 0.05) is 42.2 Å². The first kappa shape index (κ1) is 22.7. The zero-order valence-corrected chi connectivity index (χ0v) is 18.9. The molecule has 1 amide bonds. The zero-order chi connectivity index (χ0) is 22.8. The first-order valence-electron chi connectivity index (χ1n) is 10.3. The van der Waals surface area contributed by atoms with Crippen molar-refractivity contribution in [2.75, 3.05) is 20.1 Å². The van der Waals surface area contributed by atoms with Gasteiger partial charge in [0.2, 0.25) is 5.91 Å². The molecule has 1 aliphatic rings. The molecule has 3 aromatic carbocycles. The highest BCUT2D eigenvalue weighted by molar-refractivity contribution is 6.30. The second-order valence-electron chi connectivity index (χ2n) is 8.01. The lowest BCUT2D eigenvalue weighted by atomic mass is 9.78. The molecular weight excluding hydrogens is 453 g/mol. The summed E-state index contributed by atoms with van der Waals surface area (Å²) in [5, 5.41) is 3.94. The smallest absolute Gasteiger partial charge is 0.227 e. The van der Waals surface area contributed by atoms with Crippen molar-refractivity contribution in [1.29, 1.82) is 0 Å². The molecule has 0 radical (unpaired) electrons. The van der Waals surface area contributed by atoms with Crippen LogP contribution in [0.4, 0.5) is 8.78 Å². The largest absolute Gasteiger partial charge is 0.359 e. The maximum atomic E-state index is 13.9. The number of likely N-dealkylation sites (N-methyl/N-ethyl adjacent to an activating group) is 1. The number of nitrogens with one attached hydrogen (secondary N) is 1. The Kier molecular flexibility index (Phi) is 6.79. The van der Waals surface area contributed by atoms with Crippen LogP contribution >= 0.6 is 23.2 Å². The van der Waals surface area contributed by atoms with Crippen LogP contribution < -0.4 is 5.32 Å². The number of nitrogens with zero attached hydrogens (tertiary/aromatic N) is 1. The van der Waals surface area contributed by atoms with Crippen LogP contribution in [0, 0.1) is 17.6 Å². The zero-order valence-electron chi connectivity index (χ0n) is 17.4. The second kappa shape index (κ2) is 9.57. The van der Waals surface area contributed by atoms with Gasteiger partial charge in [-0.1, -0.05) is 47.5 Å². The molecule has 1 atom stereocenters. The van der Waals surface area contributed by atoms with Gasteiger partial charge < -0.3 is 5.32 Å². The van der Waals surface area contributed by atoms with E-state index in [9.17, 15) is 13.6 Å². The predicted molar refractivity (Wildman–Crippen MR) is 123 cm³/mol. The Hall–Kier alpha value is -2.47. The summed E-state index contributed by atoms with van der Waals surface area (Å²) in [6, 6.07) is 18.5. The van der Waals surface area contributed by atoms with Crippen LogP contribution in [-0.2, 0) is 4.79 Å². The van der Waals surface area contributed by atoms with E-state index in [4.69, 9.17) is 23.2 Å². The lowest BCUT2D eigenvalue weighted by Gasteiger charge is -2.47. The summed E-state index contributed by atoms with van der Waals surface area (Å²) in [5.41, 5.74) is 2.47. The van der Waals surface area contributed by atoms with Gasteiger partial charge in [-0.25, -0.2) is 8.78 Å². The maximum absolute atomic E-state index is 13.9. The van der Waals surface area contributed by atoms with Crippen molar-refractivity contribution >= 4 is 29.1 Å². The van der Waals surface area contributed by atoms with Gasteiger partial charge in [-0.05, 0) is 53.1 Å². The molecule has 3 aromatic rings. The molecule has 0 aliphatic carbocycles. The summed E-state index contributed by atoms with van der Waals surface area (Å²) in [7, 11) is 1.53. The Morgan fingerprint density at radius 2 is 1.34 bits per heavy atom.